The van der Waals surface area contributed by atoms with Gasteiger partial charge in [-0.1, -0.05) is 24.3 Å². The molecule has 0 radical (unpaired) electrons. The number of hydrogen-bond acceptors (Lipinski definition) is 8. The molecule has 4 aromatic carbocycles. The van der Waals surface area contributed by atoms with Gasteiger partial charge in [0.2, 0.25) is 0 Å². The fourth-order valence-electron chi connectivity index (χ4n) is 5.77. The van der Waals surface area contributed by atoms with E-state index in [1.165, 1.54) is 72.8 Å². The Labute approximate surface area is 248 Å². The molecule has 0 unspecified atom stereocenters. The number of hydrogen-bond donors (Lipinski definition) is 4. The molecule has 2 aliphatic heterocycles. The molecule has 2 aliphatic rings. The second kappa shape index (κ2) is 10.3. The molecule has 0 aromatic heterocycles. The van der Waals surface area contributed by atoms with Crippen LogP contribution >= 0.6 is 0 Å². The molecule has 4 aromatic rings. The van der Waals surface area contributed by atoms with E-state index in [9.17, 15) is 49.2 Å². The first-order chi connectivity index (χ1) is 21.0. The summed E-state index contributed by atoms with van der Waals surface area (Å²) in [5.41, 5.74) is 0.525. The van der Waals surface area contributed by atoms with Crippen LogP contribution in [0.15, 0.2) is 72.8 Å². The van der Waals surface area contributed by atoms with Crippen molar-refractivity contribution in [2.75, 3.05) is 0 Å². The first-order valence-corrected chi connectivity index (χ1v) is 13.3. The van der Waals surface area contributed by atoms with E-state index in [1.807, 2.05) is 0 Å². The van der Waals surface area contributed by atoms with Gasteiger partial charge in [-0.05, 0) is 59.7 Å². The number of phenolic OH excluding ortho intramolecular Hbond substituents is 2. The maximum Gasteiger partial charge on any atom is 0.327 e. The summed E-state index contributed by atoms with van der Waals surface area (Å²) in [6.45, 7) is 0. The fraction of sp³-hybridized carbons (Fsp3) is 0.125. The third-order valence-electron chi connectivity index (χ3n) is 7.88. The largest absolute Gasteiger partial charge is 0.508 e. The van der Waals surface area contributed by atoms with Crippen molar-refractivity contribution in [2.24, 2.45) is 0 Å². The van der Waals surface area contributed by atoms with Crippen LogP contribution in [0, 0.1) is 0 Å². The Bertz CT molecular complexity index is 1720. The van der Waals surface area contributed by atoms with Gasteiger partial charge in [0.25, 0.3) is 23.6 Å². The molecule has 6 rings (SSSR count). The van der Waals surface area contributed by atoms with E-state index >= 15 is 0 Å². The molecule has 4 N–H and O–H groups in total. The van der Waals surface area contributed by atoms with E-state index < -0.39 is 47.7 Å². The van der Waals surface area contributed by atoms with Gasteiger partial charge < -0.3 is 20.4 Å². The number of carboxylic acids is 2. The van der Waals surface area contributed by atoms with Gasteiger partial charge in [-0.3, -0.25) is 29.0 Å². The molecule has 12 heteroatoms. The summed E-state index contributed by atoms with van der Waals surface area (Å²) in [7, 11) is 0. The first kappa shape index (κ1) is 28.1. The SMILES string of the molecule is O=C(O)[C@H](Cc1ccc(O)cc1)N1C(=O)c2ccc3c4c(ccc(c24)C1=O)C(=O)N([C@@H](Cc1ccc(O)cc1)C(=O)O)C3=O. The lowest BCUT2D eigenvalue weighted by molar-refractivity contribution is -0.142. The van der Waals surface area contributed by atoms with Crippen molar-refractivity contribution in [2.45, 2.75) is 24.9 Å². The monoisotopic (exact) mass is 594 g/mol. The highest BCUT2D eigenvalue weighted by atomic mass is 16.4. The summed E-state index contributed by atoms with van der Waals surface area (Å²) in [5.74, 6) is -6.71. The molecular formula is C32H22N2O10. The minimum atomic E-state index is -1.61. The minimum absolute atomic E-state index is 0.00628. The average molecular weight is 595 g/mol. The number of aromatic hydroxyl groups is 2. The highest BCUT2D eigenvalue weighted by Gasteiger charge is 2.45. The highest BCUT2D eigenvalue weighted by Crippen LogP contribution is 2.39. The van der Waals surface area contributed by atoms with Crippen LogP contribution in [-0.2, 0) is 22.4 Å². The Kier molecular flexibility index (Phi) is 6.61. The van der Waals surface area contributed by atoms with Gasteiger partial charge >= 0.3 is 11.9 Å². The number of carbonyl (C=O) groups excluding carboxylic acids is 4. The Morgan fingerprint density at radius 1 is 0.500 bits per heavy atom. The zero-order valence-corrected chi connectivity index (χ0v) is 22.6. The van der Waals surface area contributed by atoms with Gasteiger partial charge in [-0.15, -0.1) is 0 Å². The average Bonchev–Trinajstić information content (AvgIpc) is 2.99. The zero-order chi connectivity index (χ0) is 31.4. The standard InChI is InChI=1S/C32H22N2O10/c35-17-5-1-15(2-6-17)13-23(31(41)42)33-27(37)19-9-11-21-26-22(12-10-20(25(19)26)28(33)38)30(40)34(29(21)39)24(32(43)44)14-16-3-7-18(36)8-4-16/h1-12,23-24,35-36H,13-14H2,(H,41,42)(H,43,44)/t23-,24-/m0/s1. The molecule has 0 fully saturated rings. The van der Waals surface area contributed by atoms with Crippen LogP contribution in [0.2, 0.25) is 0 Å². The van der Waals surface area contributed by atoms with Gasteiger partial charge in [0.05, 0.1) is 0 Å². The minimum Gasteiger partial charge on any atom is -0.508 e. The van der Waals surface area contributed by atoms with E-state index in [0.29, 0.717) is 20.9 Å². The van der Waals surface area contributed by atoms with Crippen molar-refractivity contribution >= 4 is 46.3 Å². The van der Waals surface area contributed by atoms with Gasteiger partial charge in [0.1, 0.15) is 23.6 Å². The lowest BCUT2D eigenvalue weighted by atomic mass is 9.84. The third kappa shape index (κ3) is 4.40. The van der Waals surface area contributed by atoms with E-state index in [-0.39, 0.29) is 57.4 Å². The number of nitrogens with zero attached hydrogens (tertiary/aromatic N) is 2. The van der Waals surface area contributed by atoms with Crippen molar-refractivity contribution in [1.29, 1.82) is 0 Å². The number of rotatable bonds is 8. The van der Waals surface area contributed by atoms with Crippen molar-refractivity contribution in [3.8, 4) is 11.5 Å². The van der Waals surface area contributed by atoms with Crippen molar-refractivity contribution < 1.29 is 49.2 Å². The number of imide groups is 2. The number of aliphatic carboxylic acids is 2. The Morgan fingerprint density at radius 2 is 0.773 bits per heavy atom. The summed E-state index contributed by atoms with van der Waals surface area (Å²) >= 11 is 0. The topological polar surface area (TPSA) is 190 Å². The van der Waals surface area contributed by atoms with Crippen LogP contribution in [0.1, 0.15) is 52.6 Å². The van der Waals surface area contributed by atoms with Gasteiger partial charge in [-0.25, -0.2) is 9.59 Å². The number of phenols is 2. The second-order valence-electron chi connectivity index (χ2n) is 10.5. The van der Waals surface area contributed by atoms with Crippen LogP contribution in [0.5, 0.6) is 11.5 Å². The van der Waals surface area contributed by atoms with Gasteiger partial charge in [0.15, 0.2) is 0 Å². The van der Waals surface area contributed by atoms with E-state index in [2.05, 4.69) is 0 Å². The predicted octanol–water partition coefficient (Wildman–Crippen LogP) is 2.83. The van der Waals surface area contributed by atoms with Gasteiger partial charge in [0, 0.05) is 45.9 Å². The summed E-state index contributed by atoms with van der Waals surface area (Å²) in [6, 6.07) is 13.1. The van der Waals surface area contributed by atoms with E-state index in [1.54, 1.807) is 0 Å². The molecule has 0 bridgehead atoms. The lowest BCUT2D eigenvalue weighted by Crippen LogP contribution is -2.53. The molecule has 0 spiro atoms. The molecule has 220 valence electrons. The van der Waals surface area contributed by atoms with Crippen molar-refractivity contribution in [1.82, 2.24) is 9.80 Å². The number of carboxylic acid groups (broad SMARTS) is 2. The van der Waals surface area contributed by atoms with Crippen molar-refractivity contribution in [3.05, 3.63) is 106 Å². The normalized spacial score (nSPS) is 15.5. The van der Waals surface area contributed by atoms with E-state index in [0.717, 1.165) is 0 Å². The smallest absolute Gasteiger partial charge is 0.327 e. The van der Waals surface area contributed by atoms with Crippen LogP contribution in [-0.4, -0.2) is 77.9 Å². The first-order valence-electron chi connectivity index (χ1n) is 13.3. The molecule has 0 saturated carbocycles. The van der Waals surface area contributed by atoms with E-state index in [4.69, 9.17) is 0 Å². The lowest BCUT2D eigenvalue weighted by Gasteiger charge is -2.35. The molecule has 2 heterocycles. The predicted molar refractivity (Wildman–Crippen MR) is 151 cm³/mol. The zero-order valence-electron chi connectivity index (χ0n) is 22.6. The summed E-state index contributed by atoms with van der Waals surface area (Å²) in [4.78, 5) is 80.7. The Balaban J connectivity index is 1.41. The van der Waals surface area contributed by atoms with Crippen LogP contribution in [0.25, 0.3) is 10.8 Å². The van der Waals surface area contributed by atoms with Crippen LogP contribution in [0.4, 0.5) is 0 Å². The molecule has 0 saturated heterocycles. The van der Waals surface area contributed by atoms with Crippen molar-refractivity contribution in [3.63, 3.8) is 0 Å². The molecule has 0 aliphatic carbocycles. The number of benzene rings is 4. The van der Waals surface area contributed by atoms with Crippen LogP contribution < -0.4 is 0 Å². The van der Waals surface area contributed by atoms with Crippen LogP contribution in [0.3, 0.4) is 0 Å². The molecule has 2 atom stereocenters. The maximum absolute atomic E-state index is 13.7. The fourth-order valence-corrected chi connectivity index (χ4v) is 5.77. The summed E-state index contributed by atoms with van der Waals surface area (Å²) in [6.07, 6.45) is -0.490. The Morgan fingerprint density at radius 3 is 1.02 bits per heavy atom. The summed E-state index contributed by atoms with van der Waals surface area (Å²) in [5, 5.41) is 39.2. The molecule has 12 nitrogen and oxygen atoms in total. The maximum atomic E-state index is 13.7. The number of amides is 4. The highest BCUT2D eigenvalue weighted by molar-refractivity contribution is 6.34. The van der Waals surface area contributed by atoms with Gasteiger partial charge in [-0.2, -0.15) is 0 Å². The second-order valence-corrected chi connectivity index (χ2v) is 10.5. The molecular weight excluding hydrogens is 572 g/mol. The number of carbonyl (C=O) groups is 6. The molecule has 4 amide bonds. The third-order valence-corrected chi connectivity index (χ3v) is 7.88. The quantitative estimate of drug-likeness (QED) is 0.221. The molecule has 44 heavy (non-hydrogen) atoms. The Hall–Kier alpha value is -6.04. The summed E-state index contributed by atoms with van der Waals surface area (Å²) < 4.78 is 0.